The molecule has 0 unspecified atom stereocenters. The molecule has 6 nitrogen and oxygen atoms in total. The Labute approximate surface area is 183 Å². The molecule has 2 N–H and O–H groups in total. The Bertz CT molecular complexity index is 1090. The number of carbonyl (C=O) groups excluding carboxylic acids is 2. The smallest absolute Gasteiger partial charge is 0.139 e. The number of aldehydes is 2. The van der Waals surface area contributed by atoms with Gasteiger partial charge in [0.2, 0.25) is 0 Å². The van der Waals surface area contributed by atoms with Crippen molar-refractivity contribution in [3.8, 4) is 11.4 Å². The van der Waals surface area contributed by atoms with Gasteiger partial charge in [0.25, 0.3) is 0 Å². The van der Waals surface area contributed by atoms with Gasteiger partial charge in [0.15, 0.2) is 0 Å². The van der Waals surface area contributed by atoms with Gasteiger partial charge in [-0.15, -0.1) is 0 Å². The second-order valence-electron chi connectivity index (χ2n) is 8.84. The molecular formula is C25H32N4O2. The molecule has 0 fully saturated rings. The number of hydrogen-bond acceptors (Lipinski definition) is 4. The van der Waals surface area contributed by atoms with Crippen LogP contribution in [0.4, 0.5) is 5.69 Å². The van der Waals surface area contributed by atoms with Crippen molar-refractivity contribution in [2.24, 2.45) is 0 Å². The van der Waals surface area contributed by atoms with Gasteiger partial charge in [0.1, 0.15) is 12.6 Å². The van der Waals surface area contributed by atoms with Gasteiger partial charge in [-0.25, -0.2) is 0 Å². The van der Waals surface area contributed by atoms with E-state index < -0.39 is 5.41 Å². The monoisotopic (exact) mass is 420 g/mol. The summed E-state index contributed by atoms with van der Waals surface area (Å²) < 4.78 is 0. The first-order chi connectivity index (χ1) is 15.1. The highest BCUT2D eigenvalue weighted by Gasteiger charge is 2.34. The number of nitrogens with zero attached hydrogens (tertiary/aromatic N) is 2. The van der Waals surface area contributed by atoms with Crippen LogP contribution < -0.4 is 4.90 Å². The first kappa shape index (κ1) is 21.3. The van der Waals surface area contributed by atoms with E-state index in [-0.39, 0.29) is 0 Å². The average Bonchev–Trinajstić information content (AvgIpc) is 3.33. The molecule has 1 aliphatic carbocycles. The first-order valence-corrected chi connectivity index (χ1v) is 11.4. The Morgan fingerprint density at radius 2 is 1.90 bits per heavy atom. The second kappa shape index (κ2) is 8.69. The molecule has 0 bridgehead atoms. The number of rotatable bonds is 9. The average molecular weight is 421 g/mol. The van der Waals surface area contributed by atoms with Crippen LogP contribution in [-0.4, -0.2) is 41.3 Å². The largest absolute Gasteiger partial charge is 0.367 e. The van der Waals surface area contributed by atoms with Gasteiger partial charge in [-0.1, -0.05) is 26.7 Å². The van der Waals surface area contributed by atoms with Gasteiger partial charge >= 0.3 is 0 Å². The number of aromatic nitrogens is 3. The van der Waals surface area contributed by atoms with Crippen molar-refractivity contribution in [3.63, 3.8) is 0 Å². The minimum Gasteiger partial charge on any atom is -0.367 e. The van der Waals surface area contributed by atoms with Crippen molar-refractivity contribution < 1.29 is 9.59 Å². The van der Waals surface area contributed by atoms with Crippen LogP contribution in [0.15, 0.2) is 18.3 Å². The van der Waals surface area contributed by atoms with Crippen LogP contribution in [0.2, 0.25) is 0 Å². The molecule has 164 valence electrons. The lowest BCUT2D eigenvalue weighted by Crippen LogP contribution is -2.32. The lowest BCUT2D eigenvalue weighted by molar-refractivity contribution is -0.113. The number of hydrogen-bond donors (Lipinski definition) is 2. The summed E-state index contributed by atoms with van der Waals surface area (Å²) in [6.45, 7) is 4.54. The standard InChI is InChI=1S/C25H32N4O2/c1-4-9-25(16-31,10-5-2)20-14-21-19(13-22(20)29(3)11-12-30)18-8-6-7-17-15-26-28-23(17)24(18)27-21/h12-16,27H,4-11H2,1-3H3,(H,26,28). The number of aromatic amines is 2. The molecular weight excluding hydrogens is 388 g/mol. The van der Waals surface area contributed by atoms with E-state index in [4.69, 9.17) is 0 Å². The molecule has 2 aromatic heterocycles. The highest BCUT2D eigenvalue weighted by molar-refractivity contribution is 5.95. The number of benzene rings is 1. The summed E-state index contributed by atoms with van der Waals surface area (Å²) in [7, 11) is 1.94. The number of nitrogens with one attached hydrogen (secondary N) is 2. The molecule has 0 aliphatic heterocycles. The lowest BCUT2D eigenvalue weighted by Gasteiger charge is -2.33. The second-order valence-corrected chi connectivity index (χ2v) is 8.84. The maximum atomic E-state index is 12.5. The Morgan fingerprint density at radius 3 is 2.58 bits per heavy atom. The van der Waals surface area contributed by atoms with Crippen molar-refractivity contribution in [1.82, 2.24) is 15.2 Å². The normalized spacial score (nSPS) is 13.5. The molecule has 0 saturated carbocycles. The van der Waals surface area contributed by atoms with Crippen LogP contribution in [0.3, 0.4) is 0 Å². The van der Waals surface area contributed by atoms with E-state index in [1.165, 1.54) is 16.5 Å². The van der Waals surface area contributed by atoms with Crippen LogP contribution >= 0.6 is 0 Å². The summed E-state index contributed by atoms with van der Waals surface area (Å²) in [5.41, 5.74) is 7.18. The molecule has 0 atom stereocenters. The van der Waals surface area contributed by atoms with E-state index >= 15 is 0 Å². The fourth-order valence-corrected chi connectivity index (χ4v) is 5.32. The molecule has 0 radical (unpaired) electrons. The Balaban J connectivity index is 1.99. The fraction of sp³-hybridized carbons (Fsp3) is 0.480. The summed E-state index contributed by atoms with van der Waals surface area (Å²) in [4.78, 5) is 29.5. The van der Waals surface area contributed by atoms with E-state index in [0.29, 0.717) is 6.54 Å². The fourth-order valence-electron chi connectivity index (χ4n) is 5.32. The highest BCUT2D eigenvalue weighted by Crippen LogP contribution is 2.43. The number of fused-ring (bicyclic) bond motifs is 5. The van der Waals surface area contributed by atoms with Crippen LogP contribution in [0.5, 0.6) is 0 Å². The molecule has 2 heterocycles. The van der Waals surface area contributed by atoms with E-state index in [0.717, 1.165) is 85.7 Å². The van der Waals surface area contributed by atoms with E-state index in [1.807, 2.05) is 18.1 Å². The molecule has 1 aliphatic rings. The van der Waals surface area contributed by atoms with Crippen molar-refractivity contribution in [2.45, 2.75) is 64.2 Å². The summed E-state index contributed by atoms with van der Waals surface area (Å²) in [5.74, 6) is 0. The third-order valence-corrected chi connectivity index (χ3v) is 6.78. The molecule has 1 aromatic carbocycles. The van der Waals surface area contributed by atoms with E-state index in [1.54, 1.807) is 0 Å². The molecule has 6 heteroatoms. The zero-order chi connectivity index (χ0) is 22.0. The zero-order valence-corrected chi connectivity index (χ0v) is 18.8. The van der Waals surface area contributed by atoms with Gasteiger partial charge in [0, 0.05) is 23.6 Å². The number of H-pyrrole nitrogens is 2. The lowest BCUT2D eigenvalue weighted by atomic mass is 9.73. The number of carbonyl (C=O) groups is 2. The molecule has 0 spiro atoms. The topological polar surface area (TPSA) is 81.8 Å². The van der Waals surface area contributed by atoms with Gasteiger partial charge in [-0.3, -0.25) is 5.10 Å². The van der Waals surface area contributed by atoms with Crippen LogP contribution in [0, 0.1) is 0 Å². The van der Waals surface area contributed by atoms with Gasteiger partial charge in [0.05, 0.1) is 29.5 Å². The van der Waals surface area contributed by atoms with Gasteiger partial charge < -0.3 is 19.5 Å². The number of aryl methyl sites for hydroxylation is 2. The van der Waals surface area contributed by atoms with Gasteiger partial charge in [-0.2, -0.15) is 5.10 Å². The predicted molar refractivity (Wildman–Crippen MR) is 125 cm³/mol. The molecule has 0 saturated heterocycles. The maximum absolute atomic E-state index is 12.5. The van der Waals surface area contributed by atoms with Crippen molar-refractivity contribution in [3.05, 3.63) is 35.0 Å². The third-order valence-electron chi connectivity index (χ3n) is 6.78. The predicted octanol–water partition coefficient (Wildman–Crippen LogP) is 4.72. The Kier molecular flexibility index (Phi) is 5.99. The molecule has 0 amide bonds. The Hall–Kier alpha value is -2.89. The summed E-state index contributed by atoms with van der Waals surface area (Å²) in [5, 5.41) is 8.61. The third kappa shape index (κ3) is 3.58. The quantitative estimate of drug-likeness (QED) is 0.491. The SMILES string of the molecule is CCCC(C=O)(CCC)c1cc2[nH]c3c(c2cc1N(C)CC=O)CCCc1cn[nH]c1-3. The van der Waals surface area contributed by atoms with E-state index in [9.17, 15) is 9.59 Å². The van der Waals surface area contributed by atoms with Crippen LogP contribution in [-0.2, 0) is 27.8 Å². The van der Waals surface area contributed by atoms with Crippen LogP contribution in [0.1, 0.15) is 62.6 Å². The molecule has 31 heavy (non-hydrogen) atoms. The summed E-state index contributed by atoms with van der Waals surface area (Å²) >= 11 is 0. The van der Waals surface area contributed by atoms with Crippen molar-refractivity contribution >= 4 is 29.2 Å². The van der Waals surface area contributed by atoms with Crippen LogP contribution in [0.25, 0.3) is 22.3 Å². The summed E-state index contributed by atoms with van der Waals surface area (Å²) in [6.07, 6.45) is 10.5. The Morgan fingerprint density at radius 1 is 1.13 bits per heavy atom. The minimum absolute atomic E-state index is 0.295. The highest BCUT2D eigenvalue weighted by atomic mass is 16.1. The minimum atomic E-state index is -0.550. The number of likely N-dealkylation sites (N-methyl/N-ethyl adjacent to an activating group) is 1. The van der Waals surface area contributed by atoms with Crippen molar-refractivity contribution in [1.29, 1.82) is 0 Å². The molecule has 3 aromatic rings. The zero-order valence-electron chi connectivity index (χ0n) is 18.8. The first-order valence-electron chi connectivity index (χ1n) is 11.4. The maximum Gasteiger partial charge on any atom is 0.139 e. The van der Waals surface area contributed by atoms with E-state index in [2.05, 4.69) is 41.2 Å². The number of anilines is 1. The van der Waals surface area contributed by atoms with Crippen molar-refractivity contribution in [2.75, 3.05) is 18.5 Å². The summed E-state index contributed by atoms with van der Waals surface area (Å²) in [6, 6.07) is 4.35. The molecule has 4 rings (SSSR count). The van der Waals surface area contributed by atoms with Gasteiger partial charge in [-0.05, 0) is 60.9 Å².